The SMILES string of the molecule is N#CC1=Cc2cc3ccc(Cl)cc3nc2SC1. The van der Waals surface area contributed by atoms with Gasteiger partial charge >= 0.3 is 0 Å². The van der Waals surface area contributed by atoms with Crippen molar-refractivity contribution >= 4 is 40.3 Å². The van der Waals surface area contributed by atoms with Crippen molar-refractivity contribution < 1.29 is 0 Å². The van der Waals surface area contributed by atoms with E-state index < -0.39 is 0 Å². The predicted molar refractivity (Wildman–Crippen MR) is 71.1 cm³/mol. The second-order valence-corrected chi connectivity index (χ2v) is 5.19. The van der Waals surface area contributed by atoms with Gasteiger partial charge in [-0.3, -0.25) is 0 Å². The number of aromatic nitrogens is 1. The van der Waals surface area contributed by atoms with E-state index in [0.29, 0.717) is 10.8 Å². The Hall–Kier alpha value is -1.50. The quantitative estimate of drug-likeness (QED) is 0.719. The van der Waals surface area contributed by atoms with E-state index in [1.165, 1.54) is 0 Å². The molecule has 1 aliphatic heterocycles. The summed E-state index contributed by atoms with van der Waals surface area (Å²) in [4.78, 5) is 4.57. The largest absolute Gasteiger partial charge is 0.241 e. The van der Waals surface area contributed by atoms with Crippen LogP contribution in [-0.4, -0.2) is 10.7 Å². The average Bonchev–Trinajstić information content (AvgIpc) is 2.35. The summed E-state index contributed by atoms with van der Waals surface area (Å²) in [5.41, 5.74) is 2.71. The lowest BCUT2D eigenvalue weighted by Gasteiger charge is -2.12. The topological polar surface area (TPSA) is 36.7 Å². The fourth-order valence-electron chi connectivity index (χ4n) is 1.80. The first-order valence-corrected chi connectivity index (χ1v) is 6.46. The van der Waals surface area contributed by atoms with E-state index in [4.69, 9.17) is 16.9 Å². The van der Waals surface area contributed by atoms with Crippen LogP contribution in [0, 0.1) is 11.3 Å². The van der Waals surface area contributed by atoms with E-state index in [-0.39, 0.29) is 0 Å². The Morgan fingerprint density at radius 2 is 2.24 bits per heavy atom. The first-order valence-electron chi connectivity index (χ1n) is 5.10. The molecule has 1 aromatic heterocycles. The number of thioether (sulfide) groups is 1. The molecule has 0 bridgehead atoms. The van der Waals surface area contributed by atoms with Gasteiger partial charge in [-0.05, 0) is 24.3 Å². The molecule has 0 saturated heterocycles. The van der Waals surface area contributed by atoms with Crippen LogP contribution in [0.25, 0.3) is 17.0 Å². The van der Waals surface area contributed by atoms with Gasteiger partial charge in [-0.25, -0.2) is 4.98 Å². The van der Waals surface area contributed by atoms with Crippen LogP contribution in [0.5, 0.6) is 0 Å². The van der Waals surface area contributed by atoms with Crippen LogP contribution >= 0.6 is 23.4 Å². The molecule has 3 rings (SSSR count). The average molecular weight is 259 g/mol. The summed E-state index contributed by atoms with van der Waals surface area (Å²) in [6.07, 6.45) is 1.91. The molecule has 0 amide bonds. The number of pyridine rings is 1. The standard InChI is InChI=1S/C13H7ClN2S/c14-11-2-1-9-4-10-3-8(6-15)7-17-13(10)16-12(9)5-11/h1-5H,7H2. The molecule has 1 aliphatic rings. The highest BCUT2D eigenvalue weighted by atomic mass is 35.5. The zero-order valence-electron chi connectivity index (χ0n) is 8.77. The van der Waals surface area contributed by atoms with Crippen molar-refractivity contribution in [3.05, 3.63) is 40.4 Å². The number of hydrogen-bond acceptors (Lipinski definition) is 3. The summed E-state index contributed by atoms with van der Waals surface area (Å²) >= 11 is 7.54. The molecule has 0 saturated carbocycles. The van der Waals surface area contributed by atoms with Crippen molar-refractivity contribution in [1.29, 1.82) is 5.26 Å². The van der Waals surface area contributed by atoms with Crippen LogP contribution in [0.1, 0.15) is 5.56 Å². The Kier molecular flexibility index (Phi) is 2.54. The van der Waals surface area contributed by atoms with Crippen LogP contribution < -0.4 is 0 Å². The normalized spacial score (nSPS) is 14.0. The summed E-state index contributed by atoms with van der Waals surface area (Å²) in [5.74, 6) is 0.697. The van der Waals surface area contributed by atoms with Gasteiger partial charge in [0.25, 0.3) is 0 Å². The Morgan fingerprint density at radius 1 is 1.35 bits per heavy atom. The van der Waals surface area contributed by atoms with Crippen molar-refractivity contribution in [2.24, 2.45) is 0 Å². The summed E-state index contributed by atoms with van der Waals surface area (Å²) in [6, 6.07) is 9.91. The minimum atomic E-state index is 0.694. The Bertz CT molecular complexity index is 686. The summed E-state index contributed by atoms with van der Waals surface area (Å²) in [6.45, 7) is 0. The number of fused-ring (bicyclic) bond motifs is 2. The van der Waals surface area contributed by atoms with Gasteiger partial charge in [-0.1, -0.05) is 17.7 Å². The third-order valence-electron chi connectivity index (χ3n) is 2.61. The number of nitriles is 1. The van der Waals surface area contributed by atoms with Crippen LogP contribution in [0.15, 0.2) is 34.9 Å². The second kappa shape index (κ2) is 4.06. The molecular weight excluding hydrogens is 252 g/mol. The smallest absolute Gasteiger partial charge is 0.104 e. The molecule has 2 aromatic rings. The Balaban J connectivity index is 2.25. The Morgan fingerprint density at radius 3 is 3.06 bits per heavy atom. The monoisotopic (exact) mass is 258 g/mol. The van der Waals surface area contributed by atoms with Gasteiger partial charge in [0.2, 0.25) is 0 Å². The molecule has 0 aliphatic carbocycles. The molecule has 1 aromatic carbocycles. The van der Waals surface area contributed by atoms with E-state index in [1.54, 1.807) is 11.8 Å². The molecule has 0 radical (unpaired) electrons. The summed E-state index contributed by atoms with van der Waals surface area (Å²) in [5, 5.41) is 11.6. The maximum absolute atomic E-state index is 8.90. The number of rotatable bonds is 0. The lowest BCUT2D eigenvalue weighted by molar-refractivity contribution is 1.16. The van der Waals surface area contributed by atoms with Gasteiger partial charge in [-0.2, -0.15) is 5.26 Å². The highest BCUT2D eigenvalue weighted by Crippen LogP contribution is 2.32. The van der Waals surface area contributed by atoms with Gasteiger partial charge in [0.1, 0.15) is 5.03 Å². The van der Waals surface area contributed by atoms with Crippen LogP contribution in [0.4, 0.5) is 0 Å². The van der Waals surface area contributed by atoms with Crippen molar-refractivity contribution in [2.75, 3.05) is 5.75 Å². The fraction of sp³-hybridized carbons (Fsp3) is 0.0769. The van der Waals surface area contributed by atoms with Gasteiger partial charge in [0.05, 0.1) is 11.6 Å². The van der Waals surface area contributed by atoms with E-state index in [0.717, 1.165) is 27.1 Å². The van der Waals surface area contributed by atoms with Crippen molar-refractivity contribution in [3.63, 3.8) is 0 Å². The van der Waals surface area contributed by atoms with Crippen molar-refractivity contribution in [1.82, 2.24) is 4.98 Å². The second-order valence-electron chi connectivity index (χ2n) is 3.79. The van der Waals surface area contributed by atoms with E-state index in [9.17, 15) is 0 Å². The van der Waals surface area contributed by atoms with Gasteiger partial charge in [0, 0.05) is 27.3 Å². The van der Waals surface area contributed by atoms with E-state index in [1.807, 2.05) is 24.3 Å². The molecule has 2 nitrogen and oxygen atoms in total. The van der Waals surface area contributed by atoms with Crippen LogP contribution in [0.3, 0.4) is 0 Å². The third kappa shape index (κ3) is 1.90. The van der Waals surface area contributed by atoms with Gasteiger partial charge in [-0.15, -0.1) is 11.8 Å². The number of nitrogens with zero attached hydrogens (tertiary/aromatic N) is 2. The Labute approximate surface area is 108 Å². The fourth-order valence-corrected chi connectivity index (χ4v) is 2.85. The molecule has 2 heterocycles. The first-order chi connectivity index (χ1) is 8.26. The van der Waals surface area contributed by atoms with Crippen LogP contribution in [0.2, 0.25) is 5.02 Å². The predicted octanol–water partition coefficient (Wildman–Crippen LogP) is 3.90. The van der Waals surface area contributed by atoms with E-state index >= 15 is 0 Å². The molecule has 0 fully saturated rings. The lowest BCUT2D eigenvalue weighted by Crippen LogP contribution is -1.97. The van der Waals surface area contributed by atoms with Gasteiger partial charge in [0.15, 0.2) is 0 Å². The number of halogens is 1. The minimum absolute atomic E-state index is 0.694. The molecule has 82 valence electrons. The summed E-state index contributed by atoms with van der Waals surface area (Å²) < 4.78 is 0. The molecule has 4 heteroatoms. The molecule has 0 spiro atoms. The molecule has 0 N–H and O–H groups in total. The molecular formula is C13H7ClN2S. The number of hydrogen-bond donors (Lipinski definition) is 0. The minimum Gasteiger partial charge on any atom is -0.241 e. The lowest BCUT2D eigenvalue weighted by atomic mass is 10.1. The highest BCUT2D eigenvalue weighted by Gasteiger charge is 2.13. The van der Waals surface area contributed by atoms with Crippen molar-refractivity contribution in [2.45, 2.75) is 5.03 Å². The molecule has 17 heavy (non-hydrogen) atoms. The van der Waals surface area contributed by atoms with Crippen molar-refractivity contribution in [3.8, 4) is 6.07 Å². The molecule has 0 atom stereocenters. The zero-order chi connectivity index (χ0) is 11.8. The van der Waals surface area contributed by atoms with E-state index in [2.05, 4.69) is 17.1 Å². The van der Waals surface area contributed by atoms with Gasteiger partial charge < -0.3 is 0 Å². The maximum Gasteiger partial charge on any atom is 0.104 e. The number of benzene rings is 1. The summed E-state index contributed by atoms with van der Waals surface area (Å²) in [7, 11) is 0. The maximum atomic E-state index is 8.90. The molecule has 0 unspecified atom stereocenters. The third-order valence-corrected chi connectivity index (χ3v) is 3.90. The zero-order valence-corrected chi connectivity index (χ0v) is 10.3. The highest BCUT2D eigenvalue weighted by molar-refractivity contribution is 7.99. The first kappa shape index (κ1) is 10.6. The van der Waals surface area contributed by atoms with Crippen LogP contribution in [-0.2, 0) is 0 Å².